The smallest absolute Gasteiger partial charge is 0.0624 e. The zero-order valence-electron chi connectivity index (χ0n) is 34.6. The van der Waals surface area contributed by atoms with Gasteiger partial charge in [0.05, 0.1) is 5.69 Å². The van der Waals surface area contributed by atoms with Crippen LogP contribution in [0, 0.1) is 0 Å². The molecule has 0 bridgehead atoms. The molecule has 0 spiro atoms. The first-order valence-corrected chi connectivity index (χ1v) is 21.7. The Hall–Kier alpha value is -8.26. The molecule has 0 saturated heterocycles. The molecule has 0 unspecified atom stereocenters. The van der Waals surface area contributed by atoms with E-state index in [4.69, 9.17) is 0 Å². The Labute approximate surface area is 367 Å². The number of benzene rings is 12. The second-order valence-electron chi connectivity index (χ2n) is 16.4. The first kappa shape index (κ1) is 36.6. The molecule has 0 atom stereocenters. The fourth-order valence-electron chi connectivity index (χ4n) is 9.79. The van der Waals surface area contributed by atoms with Crippen molar-refractivity contribution in [2.24, 2.45) is 0 Å². The minimum atomic E-state index is 1.09. The van der Waals surface area contributed by atoms with Crippen molar-refractivity contribution in [1.29, 1.82) is 0 Å². The van der Waals surface area contributed by atoms with Crippen LogP contribution in [0.3, 0.4) is 0 Å². The number of fused-ring (bicyclic) bond motifs is 7. The van der Waals surface area contributed by atoms with Crippen molar-refractivity contribution in [3.63, 3.8) is 0 Å². The molecular weight excluding hydrogens is 759 g/mol. The van der Waals surface area contributed by atoms with Gasteiger partial charge in [-0.1, -0.05) is 206 Å². The van der Waals surface area contributed by atoms with Crippen LogP contribution >= 0.6 is 0 Å². The molecule has 63 heavy (non-hydrogen) atoms. The van der Waals surface area contributed by atoms with E-state index in [0.29, 0.717) is 0 Å². The average molecular weight is 800 g/mol. The molecule has 12 aromatic carbocycles. The van der Waals surface area contributed by atoms with Gasteiger partial charge in [-0.15, -0.1) is 0 Å². The summed E-state index contributed by atoms with van der Waals surface area (Å²) in [6.07, 6.45) is 0. The minimum absolute atomic E-state index is 1.09. The van der Waals surface area contributed by atoms with Gasteiger partial charge in [0, 0.05) is 22.3 Å². The van der Waals surface area contributed by atoms with Crippen molar-refractivity contribution in [1.82, 2.24) is 0 Å². The molecule has 0 aliphatic rings. The van der Waals surface area contributed by atoms with E-state index in [-0.39, 0.29) is 0 Å². The SMILES string of the molecule is c1ccc(-c2cccc(-c3c(N(c4ccc(-c5ccc6ccccc6c5)cc4)c4ccc(-c5cc6ccccc6c6ccccc56)cc4)c4ccccc4c4ccccc34)c2)cc1. The van der Waals surface area contributed by atoms with Crippen molar-refractivity contribution in [2.45, 2.75) is 0 Å². The molecule has 0 aromatic heterocycles. The number of anilines is 3. The summed E-state index contributed by atoms with van der Waals surface area (Å²) >= 11 is 0. The van der Waals surface area contributed by atoms with E-state index in [1.807, 2.05) is 0 Å². The van der Waals surface area contributed by atoms with E-state index in [2.05, 4.69) is 254 Å². The monoisotopic (exact) mass is 799 g/mol. The predicted molar refractivity (Wildman–Crippen MR) is 270 cm³/mol. The van der Waals surface area contributed by atoms with Gasteiger partial charge in [0.15, 0.2) is 0 Å². The molecule has 0 amide bonds. The quantitative estimate of drug-likeness (QED) is 0.145. The van der Waals surface area contributed by atoms with Crippen LogP contribution in [0.1, 0.15) is 0 Å². The van der Waals surface area contributed by atoms with E-state index >= 15 is 0 Å². The second-order valence-corrected chi connectivity index (χ2v) is 16.4. The molecule has 0 aliphatic heterocycles. The Bertz CT molecular complexity index is 3660. The molecule has 12 rings (SSSR count). The number of hydrogen-bond acceptors (Lipinski definition) is 1. The summed E-state index contributed by atoms with van der Waals surface area (Å²) in [4.78, 5) is 2.49. The van der Waals surface area contributed by atoms with Gasteiger partial charge in [-0.3, -0.25) is 0 Å². The van der Waals surface area contributed by atoms with Crippen LogP contribution in [0.25, 0.3) is 98.4 Å². The van der Waals surface area contributed by atoms with Crippen molar-refractivity contribution in [3.05, 3.63) is 249 Å². The molecule has 0 radical (unpaired) electrons. The molecule has 1 heteroatoms. The predicted octanol–water partition coefficient (Wildman–Crippen LogP) is 17.6. The van der Waals surface area contributed by atoms with Gasteiger partial charge in [-0.05, 0) is 130 Å². The Morgan fingerprint density at radius 3 is 1.40 bits per heavy atom. The fourth-order valence-corrected chi connectivity index (χ4v) is 9.79. The Morgan fingerprint density at radius 2 is 0.683 bits per heavy atom. The maximum Gasteiger partial charge on any atom is 0.0624 e. The summed E-state index contributed by atoms with van der Waals surface area (Å²) in [7, 11) is 0. The van der Waals surface area contributed by atoms with Gasteiger partial charge >= 0.3 is 0 Å². The number of hydrogen-bond donors (Lipinski definition) is 0. The summed E-state index contributed by atoms with van der Waals surface area (Å²) in [5.41, 5.74) is 12.9. The lowest BCUT2D eigenvalue weighted by Crippen LogP contribution is -2.12. The zero-order chi connectivity index (χ0) is 41.7. The lowest BCUT2D eigenvalue weighted by molar-refractivity contribution is 1.30. The van der Waals surface area contributed by atoms with Gasteiger partial charge in [-0.2, -0.15) is 0 Å². The van der Waals surface area contributed by atoms with Gasteiger partial charge in [-0.25, -0.2) is 0 Å². The van der Waals surface area contributed by atoms with E-state index in [0.717, 1.165) is 17.1 Å². The first-order chi connectivity index (χ1) is 31.2. The van der Waals surface area contributed by atoms with Crippen molar-refractivity contribution >= 4 is 70.9 Å². The largest absolute Gasteiger partial charge is 0.309 e. The lowest BCUT2D eigenvalue weighted by atomic mass is 9.88. The van der Waals surface area contributed by atoms with Crippen LogP contribution in [0.4, 0.5) is 17.1 Å². The second kappa shape index (κ2) is 15.3. The summed E-state index contributed by atoms with van der Waals surface area (Å²) < 4.78 is 0. The Balaban J connectivity index is 1.10. The summed E-state index contributed by atoms with van der Waals surface area (Å²) in [5.74, 6) is 0. The molecular formula is C62H41N. The summed E-state index contributed by atoms with van der Waals surface area (Å²) in [6, 6.07) is 91.2. The highest BCUT2D eigenvalue weighted by molar-refractivity contribution is 6.22. The Kier molecular flexibility index (Phi) is 8.90. The molecule has 294 valence electrons. The molecule has 1 nitrogen and oxygen atoms in total. The highest BCUT2D eigenvalue weighted by atomic mass is 15.1. The number of nitrogens with zero attached hydrogens (tertiary/aromatic N) is 1. The van der Waals surface area contributed by atoms with E-state index < -0.39 is 0 Å². The van der Waals surface area contributed by atoms with Crippen LogP contribution in [0.15, 0.2) is 249 Å². The standard InChI is InChI=1S/C62H41N/c1-2-15-42(16-3-1)47-20-14-21-50(40-47)61-58-27-12-10-24-55(58)56-25-11-13-28-59(56)62(61)63(51-35-31-44(32-36-51)48-30-29-43-17-4-5-18-46(43)39-48)52-37-33-45(34-38-52)60-41-49-19-6-7-22-53(49)54-23-8-9-26-57(54)60/h1-41H. The molecule has 0 saturated carbocycles. The van der Waals surface area contributed by atoms with E-state index in [9.17, 15) is 0 Å². The minimum Gasteiger partial charge on any atom is -0.309 e. The Morgan fingerprint density at radius 1 is 0.222 bits per heavy atom. The van der Waals surface area contributed by atoms with Crippen molar-refractivity contribution in [3.8, 4) is 44.5 Å². The normalized spacial score (nSPS) is 11.5. The van der Waals surface area contributed by atoms with E-state index in [1.54, 1.807) is 0 Å². The van der Waals surface area contributed by atoms with Crippen LogP contribution in [0.5, 0.6) is 0 Å². The van der Waals surface area contributed by atoms with Crippen LogP contribution in [0.2, 0.25) is 0 Å². The maximum absolute atomic E-state index is 2.49. The lowest BCUT2D eigenvalue weighted by Gasteiger charge is -2.31. The first-order valence-electron chi connectivity index (χ1n) is 21.7. The fraction of sp³-hybridized carbons (Fsp3) is 0. The van der Waals surface area contributed by atoms with Gasteiger partial charge in [0.1, 0.15) is 0 Å². The third-order valence-corrected chi connectivity index (χ3v) is 12.8. The van der Waals surface area contributed by atoms with Crippen LogP contribution in [-0.2, 0) is 0 Å². The number of rotatable bonds is 7. The molecule has 0 fully saturated rings. The summed E-state index contributed by atoms with van der Waals surface area (Å²) in [5, 5.41) is 12.4. The van der Waals surface area contributed by atoms with Crippen molar-refractivity contribution in [2.75, 3.05) is 4.90 Å². The van der Waals surface area contributed by atoms with Crippen LogP contribution in [-0.4, -0.2) is 0 Å². The highest BCUT2D eigenvalue weighted by Gasteiger charge is 2.24. The van der Waals surface area contributed by atoms with Gasteiger partial charge in [0.2, 0.25) is 0 Å². The topological polar surface area (TPSA) is 3.24 Å². The highest BCUT2D eigenvalue weighted by Crippen LogP contribution is 2.50. The van der Waals surface area contributed by atoms with Crippen molar-refractivity contribution < 1.29 is 0 Å². The maximum atomic E-state index is 2.49. The summed E-state index contributed by atoms with van der Waals surface area (Å²) in [6.45, 7) is 0. The zero-order valence-corrected chi connectivity index (χ0v) is 34.6. The van der Waals surface area contributed by atoms with Gasteiger partial charge in [0.25, 0.3) is 0 Å². The molecule has 0 heterocycles. The third kappa shape index (κ3) is 6.42. The molecule has 12 aromatic rings. The van der Waals surface area contributed by atoms with E-state index in [1.165, 1.54) is 98.4 Å². The average Bonchev–Trinajstić information content (AvgIpc) is 3.37. The van der Waals surface area contributed by atoms with Gasteiger partial charge < -0.3 is 4.90 Å². The third-order valence-electron chi connectivity index (χ3n) is 12.8. The van der Waals surface area contributed by atoms with Crippen LogP contribution < -0.4 is 4.90 Å². The molecule has 0 N–H and O–H groups in total. The molecule has 0 aliphatic carbocycles.